The van der Waals surface area contributed by atoms with Crippen molar-refractivity contribution in [2.24, 2.45) is 0 Å². The molecule has 1 heterocycles. The predicted molar refractivity (Wildman–Crippen MR) is 84.6 cm³/mol. The van der Waals surface area contributed by atoms with Crippen LogP contribution in [0.5, 0.6) is 0 Å². The molecule has 1 saturated heterocycles. The van der Waals surface area contributed by atoms with E-state index in [9.17, 15) is 0 Å². The molecule has 0 bridgehead atoms. The first-order valence-electron chi connectivity index (χ1n) is 7.44. The molecule has 2 aromatic carbocycles. The van der Waals surface area contributed by atoms with E-state index in [1.54, 1.807) is 5.57 Å². The summed E-state index contributed by atoms with van der Waals surface area (Å²) in [6, 6.07) is 17.7. The van der Waals surface area contributed by atoms with Gasteiger partial charge < -0.3 is 4.90 Å². The summed E-state index contributed by atoms with van der Waals surface area (Å²) in [5.74, 6) is 0. The Balaban J connectivity index is 1.94. The van der Waals surface area contributed by atoms with Crippen LogP contribution in [-0.4, -0.2) is 25.0 Å². The molecule has 0 radical (unpaired) electrons. The third-order valence-electron chi connectivity index (χ3n) is 4.63. The third kappa shape index (κ3) is 1.74. The quantitative estimate of drug-likeness (QED) is 0.586. The largest absolute Gasteiger partial charge is 0.306 e. The van der Waals surface area contributed by atoms with E-state index < -0.39 is 0 Å². The van der Waals surface area contributed by atoms with Gasteiger partial charge in [-0.25, -0.2) is 0 Å². The normalized spacial score (nSPS) is 18.1. The van der Waals surface area contributed by atoms with Gasteiger partial charge in [0.1, 0.15) is 0 Å². The fourth-order valence-corrected chi connectivity index (χ4v) is 3.54. The van der Waals surface area contributed by atoms with Gasteiger partial charge in [-0.15, -0.1) is 0 Å². The van der Waals surface area contributed by atoms with Crippen molar-refractivity contribution in [3.63, 3.8) is 0 Å². The van der Waals surface area contributed by atoms with Crippen molar-refractivity contribution in [2.75, 3.05) is 20.1 Å². The smallest absolute Gasteiger partial charge is 0.00160 e. The summed E-state index contributed by atoms with van der Waals surface area (Å²) in [4.78, 5) is 2.43. The Morgan fingerprint density at radius 3 is 1.65 bits per heavy atom. The van der Waals surface area contributed by atoms with Crippen molar-refractivity contribution >= 4 is 5.57 Å². The topological polar surface area (TPSA) is 3.24 Å². The van der Waals surface area contributed by atoms with Crippen LogP contribution in [0.3, 0.4) is 0 Å². The lowest BCUT2D eigenvalue weighted by Crippen LogP contribution is -2.26. The summed E-state index contributed by atoms with van der Waals surface area (Å²) < 4.78 is 0. The van der Waals surface area contributed by atoms with Crippen molar-refractivity contribution in [3.05, 3.63) is 65.2 Å². The number of likely N-dealkylation sites (tertiary alicyclic amines) is 1. The van der Waals surface area contributed by atoms with E-state index in [0.717, 1.165) is 0 Å². The van der Waals surface area contributed by atoms with Gasteiger partial charge in [0.2, 0.25) is 0 Å². The summed E-state index contributed by atoms with van der Waals surface area (Å²) in [6.07, 6.45) is 2.41. The Kier molecular flexibility index (Phi) is 2.75. The average molecular weight is 261 g/mol. The highest BCUT2D eigenvalue weighted by atomic mass is 15.1. The third-order valence-corrected chi connectivity index (χ3v) is 4.63. The van der Waals surface area contributed by atoms with Gasteiger partial charge in [-0.2, -0.15) is 0 Å². The highest BCUT2D eigenvalue weighted by Crippen LogP contribution is 2.46. The van der Waals surface area contributed by atoms with Crippen molar-refractivity contribution < 1.29 is 0 Å². The molecule has 0 unspecified atom stereocenters. The lowest BCUT2D eigenvalue weighted by atomic mass is 9.92. The molecule has 2 aromatic rings. The van der Waals surface area contributed by atoms with Crippen LogP contribution in [0.2, 0.25) is 0 Å². The molecular weight excluding hydrogens is 242 g/mol. The molecule has 0 atom stereocenters. The number of fused-ring (bicyclic) bond motifs is 3. The average Bonchev–Trinajstić information content (AvgIpc) is 2.83. The molecule has 4 rings (SSSR count). The van der Waals surface area contributed by atoms with Crippen LogP contribution < -0.4 is 0 Å². The van der Waals surface area contributed by atoms with Gasteiger partial charge in [0.25, 0.3) is 0 Å². The summed E-state index contributed by atoms with van der Waals surface area (Å²) in [5.41, 5.74) is 8.85. The van der Waals surface area contributed by atoms with Crippen LogP contribution >= 0.6 is 0 Å². The second-order valence-corrected chi connectivity index (χ2v) is 5.87. The predicted octanol–water partition coefficient (Wildman–Crippen LogP) is 4.19. The zero-order valence-corrected chi connectivity index (χ0v) is 11.9. The van der Waals surface area contributed by atoms with Gasteiger partial charge >= 0.3 is 0 Å². The van der Waals surface area contributed by atoms with E-state index in [-0.39, 0.29) is 0 Å². The lowest BCUT2D eigenvalue weighted by molar-refractivity contribution is 0.313. The highest BCUT2D eigenvalue weighted by Gasteiger charge is 2.26. The zero-order chi connectivity index (χ0) is 13.5. The summed E-state index contributed by atoms with van der Waals surface area (Å²) >= 11 is 0. The molecule has 1 aliphatic carbocycles. The molecule has 2 aliphatic rings. The maximum atomic E-state index is 2.43. The van der Waals surface area contributed by atoms with Crippen molar-refractivity contribution in [1.82, 2.24) is 4.90 Å². The summed E-state index contributed by atoms with van der Waals surface area (Å²) in [7, 11) is 2.22. The van der Waals surface area contributed by atoms with Crippen LogP contribution in [0.25, 0.3) is 16.7 Å². The van der Waals surface area contributed by atoms with Crippen LogP contribution in [0.1, 0.15) is 24.0 Å². The first-order chi connectivity index (χ1) is 9.84. The first-order valence-corrected chi connectivity index (χ1v) is 7.44. The Labute approximate surface area is 120 Å². The lowest BCUT2D eigenvalue weighted by Gasteiger charge is -2.26. The van der Waals surface area contributed by atoms with Crippen molar-refractivity contribution in [1.29, 1.82) is 0 Å². The summed E-state index contributed by atoms with van der Waals surface area (Å²) in [6.45, 7) is 2.37. The molecule has 1 aliphatic heterocycles. The monoisotopic (exact) mass is 261 g/mol. The number of piperidine rings is 1. The highest BCUT2D eigenvalue weighted by molar-refractivity contribution is 6.02. The van der Waals surface area contributed by atoms with Crippen LogP contribution in [0.15, 0.2) is 54.1 Å². The summed E-state index contributed by atoms with van der Waals surface area (Å²) in [5, 5.41) is 0. The molecular formula is C19H19N. The number of benzene rings is 2. The Morgan fingerprint density at radius 2 is 1.15 bits per heavy atom. The molecule has 1 nitrogen and oxygen atoms in total. The number of hydrogen-bond donors (Lipinski definition) is 0. The fraction of sp³-hybridized carbons (Fsp3) is 0.263. The Bertz CT molecular complexity index is 639. The molecule has 0 spiro atoms. The van der Waals surface area contributed by atoms with Gasteiger partial charge in [0.05, 0.1) is 0 Å². The van der Waals surface area contributed by atoms with Crippen LogP contribution in [0.4, 0.5) is 0 Å². The SMILES string of the molecule is CN1CCC(=C2c3ccccc3-c3ccccc32)CC1. The molecule has 20 heavy (non-hydrogen) atoms. The van der Waals surface area contributed by atoms with Crippen LogP contribution in [0, 0.1) is 0 Å². The van der Waals surface area contributed by atoms with Gasteiger partial charge in [0, 0.05) is 13.1 Å². The molecule has 100 valence electrons. The Morgan fingerprint density at radius 1 is 0.700 bits per heavy atom. The van der Waals surface area contributed by atoms with Crippen molar-refractivity contribution in [3.8, 4) is 11.1 Å². The minimum atomic E-state index is 1.18. The zero-order valence-electron chi connectivity index (χ0n) is 11.9. The van der Waals surface area contributed by atoms with E-state index in [4.69, 9.17) is 0 Å². The van der Waals surface area contributed by atoms with E-state index in [2.05, 4.69) is 60.5 Å². The van der Waals surface area contributed by atoms with Gasteiger partial charge in [-0.05, 0) is 47.7 Å². The van der Waals surface area contributed by atoms with Gasteiger partial charge in [-0.1, -0.05) is 54.1 Å². The molecule has 1 heteroatoms. The minimum absolute atomic E-state index is 1.18. The van der Waals surface area contributed by atoms with Crippen LogP contribution in [-0.2, 0) is 0 Å². The fourth-order valence-electron chi connectivity index (χ4n) is 3.54. The Hall–Kier alpha value is -1.86. The number of nitrogens with zero attached hydrogens (tertiary/aromatic N) is 1. The minimum Gasteiger partial charge on any atom is -0.306 e. The maximum absolute atomic E-state index is 2.43. The number of rotatable bonds is 0. The van der Waals surface area contributed by atoms with E-state index >= 15 is 0 Å². The molecule has 0 saturated carbocycles. The standard InChI is InChI=1S/C19H19N/c1-20-12-10-14(11-13-20)19-17-8-4-2-6-15(17)16-7-3-5-9-18(16)19/h2-9H,10-13H2,1H3. The first kappa shape index (κ1) is 11.9. The van der Waals surface area contributed by atoms with E-state index in [1.807, 2.05) is 0 Å². The second-order valence-electron chi connectivity index (χ2n) is 5.87. The second kappa shape index (κ2) is 4.60. The van der Waals surface area contributed by atoms with E-state index in [0.29, 0.717) is 0 Å². The number of hydrogen-bond acceptors (Lipinski definition) is 1. The molecule has 0 amide bonds. The molecule has 0 aromatic heterocycles. The van der Waals surface area contributed by atoms with Crippen molar-refractivity contribution in [2.45, 2.75) is 12.8 Å². The molecule has 1 fully saturated rings. The molecule has 0 N–H and O–H groups in total. The maximum Gasteiger partial charge on any atom is 0.00160 e. The van der Waals surface area contributed by atoms with Gasteiger partial charge in [0.15, 0.2) is 0 Å². The van der Waals surface area contributed by atoms with E-state index in [1.165, 1.54) is 53.8 Å². The van der Waals surface area contributed by atoms with Gasteiger partial charge in [-0.3, -0.25) is 0 Å².